The Hall–Kier alpha value is -3.06. The van der Waals surface area contributed by atoms with Gasteiger partial charge in [-0.3, -0.25) is 0 Å². The fourth-order valence-electron chi connectivity index (χ4n) is 2.70. The maximum absolute atomic E-state index is 11.2. The Morgan fingerprint density at radius 2 is 2.08 bits per heavy atom. The van der Waals surface area contributed by atoms with Crippen LogP contribution in [0.25, 0.3) is 21.4 Å². The number of aromatic nitrogens is 1. The Balaban J connectivity index is 1.70. The van der Waals surface area contributed by atoms with Crippen molar-refractivity contribution in [3.63, 3.8) is 0 Å². The molecule has 0 bridgehead atoms. The number of carboxylic acid groups (broad SMARTS) is 1. The molecular weight excluding hydrogens is 352 g/mol. The second-order valence-corrected chi connectivity index (χ2v) is 6.70. The van der Waals surface area contributed by atoms with Crippen LogP contribution in [-0.2, 0) is 4.79 Å². The molecule has 0 aliphatic heterocycles. The van der Waals surface area contributed by atoms with Crippen LogP contribution in [0.15, 0.2) is 52.9 Å². The number of aliphatic carboxylic acids is 1. The van der Waals surface area contributed by atoms with E-state index in [1.165, 1.54) is 11.3 Å². The summed E-state index contributed by atoms with van der Waals surface area (Å²) in [4.78, 5) is 16.5. The van der Waals surface area contributed by atoms with Gasteiger partial charge in [-0.05, 0) is 30.7 Å². The fraction of sp³-hybridized carbons (Fsp3) is 0.158. The molecule has 0 spiro atoms. The third-order valence-corrected chi connectivity index (χ3v) is 4.81. The van der Waals surface area contributed by atoms with Gasteiger partial charge in [0.15, 0.2) is 22.6 Å². The van der Waals surface area contributed by atoms with Crippen LogP contribution in [0.3, 0.4) is 0 Å². The van der Waals surface area contributed by atoms with Gasteiger partial charge in [-0.25, -0.2) is 9.78 Å². The molecule has 4 aromatic rings. The highest BCUT2D eigenvalue weighted by Gasteiger charge is 2.21. The molecule has 6 nitrogen and oxygen atoms in total. The maximum Gasteiger partial charge on any atom is 0.344 e. The van der Waals surface area contributed by atoms with E-state index in [1.54, 1.807) is 13.0 Å². The summed E-state index contributed by atoms with van der Waals surface area (Å²) in [5.41, 5.74) is 2.20. The van der Waals surface area contributed by atoms with Crippen LogP contribution in [0.2, 0.25) is 0 Å². The summed E-state index contributed by atoms with van der Waals surface area (Å²) >= 11 is 1.40. The van der Waals surface area contributed by atoms with Crippen LogP contribution in [-0.4, -0.2) is 22.2 Å². The first-order valence-corrected chi connectivity index (χ1v) is 9.01. The predicted octanol–water partition coefficient (Wildman–Crippen LogP) is 5.03. The van der Waals surface area contributed by atoms with Gasteiger partial charge in [0.25, 0.3) is 0 Å². The lowest BCUT2D eigenvalue weighted by Crippen LogP contribution is -2.25. The first kappa shape index (κ1) is 16.4. The number of anilines is 2. The summed E-state index contributed by atoms with van der Waals surface area (Å²) in [6, 6.07) is 15.2. The number of carboxylic acids is 1. The number of rotatable bonds is 6. The minimum Gasteiger partial charge on any atom is -0.479 e. The molecule has 2 aromatic carbocycles. The van der Waals surface area contributed by atoms with Crippen molar-refractivity contribution in [2.24, 2.45) is 0 Å². The average molecular weight is 368 g/mol. The summed E-state index contributed by atoms with van der Waals surface area (Å²) in [6.45, 7) is 1.77. The third-order valence-electron chi connectivity index (χ3n) is 3.97. The van der Waals surface area contributed by atoms with Gasteiger partial charge in [-0.1, -0.05) is 42.5 Å². The zero-order chi connectivity index (χ0) is 18.1. The molecule has 0 radical (unpaired) electrons. The molecule has 7 heteroatoms. The smallest absolute Gasteiger partial charge is 0.344 e. The van der Waals surface area contributed by atoms with Crippen LogP contribution < -0.4 is 10.1 Å². The van der Waals surface area contributed by atoms with Gasteiger partial charge in [0.1, 0.15) is 5.52 Å². The molecule has 4 rings (SSSR count). The number of benzene rings is 2. The van der Waals surface area contributed by atoms with Crippen molar-refractivity contribution in [1.82, 2.24) is 4.98 Å². The number of furan rings is 1. The highest BCUT2D eigenvalue weighted by Crippen LogP contribution is 2.39. The van der Waals surface area contributed by atoms with Crippen molar-refractivity contribution in [1.29, 1.82) is 0 Å². The topological polar surface area (TPSA) is 84.6 Å². The van der Waals surface area contributed by atoms with Crippen molar-refractivity contribution in [3.05, 3.63) is 48.5 Å². The van der Waals surface area contributed by atoms with E-state index in [0.29, 0.717) is 22.7 Å². The van der Waals surface area contributed by atoms with Crippen LogP contribution in [0.1, 0.15) is 13.3 Å². The van der Waals surface area contributed by atoms with Crippen molar-refractivity contribution in [2.75, 3.05) is 5.32 Å². The summed E-state index contributed by atoms with van der Waals surface area (Å²) < 4.78 is 11.6. The highest BCUT2D eigenvalue weighted by atomic mass is 32.1. The maximum atomic E-state index is 11.2. The molecule has 0 saturated heterocycles. The molecular formula is C19H16N2O4S. The number of hydrogen-bond donors (Lipinski definition) is 2. The number of thiazole rings is 1. The van der Waals surface area contributed by atoms with Crippen molar-refractivity contribution < 1.29 is 19.1 Å². The van der Waals surface area contributed by atoms with Gasteiger partial charge < -0.3 is 19.6 Å². The highest BCUT2D eigenvalue weighted by molar-refractivity contribution is 7.21. The van der Waals surface area contributed by atoms with E-state index < -0.39 is 12.1 Å². The molecule has 26 heavy (non-hydrogen) atoms. The normalized spacial score (nSPS) is 12.3. The number of ether oxygens (including phenoxy) is 1. The summed E-state index contributed by atoms with van der Waals surface area (Å²) in [5, 5.41) is 14.0. The Morgan fingerprint density at radius 1 is 1.27 bits per heavy atom. The number of carbonyl (C=O) groups is 1. The summed E-state index contributed by atoms with van der Waals surface area (Å²) in [5.74, 6) is -0.579. The number of hydrogen-bond acceptors (Lipinski definition) is 6. The molecule has 2 heterocycles. The minimum absolute atomic E-state index is 0.365. The standard InChI is InChI=1S/C19H16N2O4S/c1-2-13(17(22)23)24-14-10-6-9-12-15-18(25-16(12)14)26-19(21-15)20-11-7-4-3-5-8-11/h3-10,13H,2H2,1H3,(H,20,21)(H,22,23). The van der Waals surface area contributed by atoms with Gasteiger partial charge in [0.2, 0.25) is 4.90 Å². The van der Waals surface area contributed by atoms with E-state index in [4.69, 9.17) is 9.15 Å². The Kier molecular flexibility index (Phi) is 4.22. The van der Waals surface area contributed by atoms with Crippen LogP contribution in [0, 0.1) is 0 Å². The van der Waals surface area contributed by atoms with E-state index in [2.05, 4.69) is 10.3 Å². The molecule has 0 aliphatic rings. The van der Waals surface area contributed by atoms with Crippen LogP contribution in [0.4, 0.5) is 10.8 Å². The Bertz CT molecular complexity index is 1070. The molecule has 0 saturated carbocycles. The number of nitrogens with one attached hydrogen (secondary N) is 1. The summed E-state index contributed by atoms with van der Waals surface area (Å²) in [7, 11) is 0. The molecule has 132 valence electrons. The molecule has 0 amide bonds. The van der Waals surface area contributed by atoms with Crippen LogP contribution >= 0.6 is 11.3 Å². The average Bonchev–Trinajstić information content (AvgIpc) is 3.18. The quantitative estimate of drug-likeness (QED) is 0.497. The molecule has 1 unspecified atom stereocenters. The first-order valence-electron chi connectivity index (χ1n) is 8.19. The van der Waals surface area contributed by atoms with Gasteiger partial charge >= 0.3 is 5.97 Å². The predicted molar refractivity (Wildman–Crippen MR) is 101 cm³/mol. The zero-order valence-corrected chi connectivity index (χ0v) is 14.7. The van der Waals surface area contributed by atoms with Crippen molar-refractivity contribution >= 4 is 49.5 Å². The van der Waals surface area contributed by atoms with E-state index in [0.717, 1.165) is 21.7 Å². The van der Waals surface area contributed by atoms with Crippen molar-refractivity contribution in [2.45, 2.75) is 19.4 Å². The SMILES string of the molecule is CCC(Oc1cccc2c1oc1sc(Nc3ccccc3)nc12)C(=O)O. The van der Waals surface area contributed by atoms with Crippen molar-refractivity contribution in [3.8, 4) is 5.75 Å². The van der Waals surface area contributed by atoms with E-state index in [-0.39, 0.29) is 0 Å². The Morgan fingerprint density at radius 3 is 2.81 bits per heavy atom. The second-order valence-electron chi connectivity index (χ2n) is 5.73. The molecule has 2 N–H and O–H groups in total. The van der Waals surface area contributed by atoms with Gasteiger partial charge in [0.05, 0.1) is 5.39 Å². The van der Waals surface area contributed by atoms with E-state index >= 15 is 0 Å². The Labute approximate surface area is 153 Å². The monoisotopic (exact) mass is 368 g/mol. The third kappa shape index (κ3) is 2.97. The minimum atomic E-state index is -0.995. The van der Waals surface area contributed by atoms with Gasteiger partial charge in [0, 0.05) is 5.69 Å². The number of para-hydroxylation sites is 2. The molecule has 2 aromatic heterocycles. The lowest BCUT2D eigenvalue weighted by molar-refractivity contribution is -0.145. The lowest BCUT2D eigenvalue weighted by atomic mass is 10.2. The molecule has 0 fully saturated rings. The fourth-order valence-corrected chi connectivity index (χ4v) is 3.56. The van der Waals surface area contributed by atoms with Crippen LogP contribution in [0.5, 0.6) is 5.75 Å². The lowest BCUT2D eigenvalue weighted by Gasteiger charge is -2.12. The largest absolute Gasteiger partial charge is 0.479 e. The number of fused-ring (bicyclic) bond motifs is 3. The molecule has 0 aliphatic carbocycles. The van der Waals surface area contributed by atoms with E-state index in [1.807, 2.05) is 42.5 Å². The second kappa shape index (κ2) is 6.68. The zero-order valence-electron chi connectivity index (χ0n) is 13.9. The summed E-state index contributed by atoms with van der Waals surface area (Å²) in [6.07, 6.45) is -0.545. The van der Waals surface area contributed by atoms with Gasteiger partial charge in [-0.15, -0.1) is 0 Å². The number of nitrogens with zero attached hydrogens (tertiary/aromatic N) is 1. The van der Waals surface area contributed by atoms with Gasteiger partial charge in [-0.2, -0.15) is 0 Å². The van der Waals surface area contributed by atoms with E-state index in [9.17, 15) is 9.90 Å². The first-order chi connectivity index (χ1) is 12.7. The molecule has 1 atom stereocenters.